The van der Waals surface area contributed by atoms with Crippen LogP contribution in [0.5, 0.6) is 0 Å². The molecule has 0 saturated heterocycles. The lowest BCUT2D eigenvalue weighted by molar-refractivity contribution is 0.0690. The van der Waals surface area contributed by atoms with Crippen LogP contribution in [0.2, 0.25) is 20.1 Å². The molecule has 0 aliphatic carbocycles. The number of halogens is 4. The van der Waals surface area contributed by atoms with Crippen molar-refractivity contribution in [2.45, 2.75) is 0 Å². The van der Waals surface area contributed by atoms with E-state index in [9.17, 15) is 9.90 Å². The van der Waals surface area contributed by atoms with Gasteiger partial charge in [0, 0.05) is 27.2 Å². The van der Waals surface area contributed by atoms with Crippen LogP contribution in [0.3, 0.4) is 0 Å². The van der Waals surface area contributed by atoms with Crippen LogP contribution >= 0.6 is 46.4 Å². The van der Waals surface area contributed by atoms with Crippen molar-refractivity contribution in [1.29, 1.82) is 0 Å². The van der Waals surface area contributed by atoms with Crippen molar-refractivity contribution in [3.63, 3.8) is 0 Å². The minimum Gasteiger partial charge on any atom is -0.476 e. The zero-order valence-electron chi connectivity index (χ0n) is 13.8. The van der Waals surface area contributed by atoms with Gasteiger partial charge in [0.15, 0.2) is 11.3 Å². The van der Waals surface area contributed by atoms with Gasteiger partial charge in [-0.05, 0) is 42.5 Å². The summed E-state index contributed by atoms with van der Waals surface area (Å²) in [5, 5.41) is 15.2. The number of aromatic carboxylic acids is 1. The summed E-state index contributed by atoms with van der Waals surface area (Å²) in [6.45, 7) is 0. The Morgan fingerprint density at radius 2 is 1.46 bits per heavy atom. The van der Waals surface area contributed by atoms with Gasteiger partial charge in [-0.1, -0.05) is 46.4 Å². The highest BCUT2D eigenvalue weighted by Gasteiger charge is 2.18. The summed E-state index contributed by atoms with van der Waals surface area (Å²) in [4.78, 5) is 15.9. The van der Waals surface area contributed by atoms with Crippen LogP contribution in [0.15, 0.2) is 48.5 Å². The molecule has 0 fully saturated rings. The third-order valence-electron chi connectivity index (χ3n) is 4.06. The van der Waals surface area contributed by atoms with Crippen molar-refractivity contribution in [1.82, 2.24) is 14.6 Å². The molecule has 2 aromatic heterocycles. The largest absolute Gasteiger partial charge is 0.476 e. The number of hydrogen-bond acceptors (Lipinski definition) is 3. The van der Waals surface area contributed by atoms with E-state index in [1.807, 2.05) is 0 Å². The Morgan fingerprint density at radius 3 is 2.04 bits per heavy atom. The molecule has 140 valence electrons. The van der Waals surface area contributed by atoms with E-state index in [0.29, 0.717) is 48.3 Å². The Bertz CT molecular complexity index is 1250. The van der Waals surface area contributed by atoms with Crippen molar-refractivity contribution < 1.29 is 9.90 Å². The molecule has 1 N–H and O–H groups in total. The van der Waals surface area contributed by atoms with E-state index < -0.39 is 5.97 Å². The van der Waals surface area contributed by atoms with E-state index in [1.54, 1.807) is 42.5 Å². The predicted molar refractivity (Wildman–Crippen MR) is 111 cm³/mol. The highest BCUT2D eigenvalue weighted by molar-refractivity contribution is 6.37. The van der Waals surface area contributed by atoms with E-state index in [0.717, 1.165) is 0 Å². The van der Waals surface area contributed by atoms with Crippen LogP contribution in [-0.2, 0) is 0 Å². The summed E-state index contributed by atoms with van der Waals surface area (Å²) >= 11 is 24.7. The fourth-order valence-corrected chi connectivity index (χ4v) is 3.81. The highest BCUT2D eigenvalue weighted by atomic mass is 35.5. The maximum atomic E-state index is 11.4. The fraction of sp³-hybridized carbons (Fsp3) is 0. The average molecular weight is 453 g/mol. The fourth-order valence-electron chi connectivity index (χ4n) is 2.80. The van der Waals surface area contributed by atoms with E-state index in [-0.39, 0.29) is 5.69 Å². The number of nitrogens with zero attached hydrogens (tertiary/aromatic N) is 3. The van der Waals surface area contributed by atoms with Crippen molar-refractivity contribution in [2.75, 3.05) is 0 Å². The molecule has 0 saturated carbocycles. The van der Waals surface area contributed by atoms with E-state index >= 15 is 0 Å². The first-order valence-electron chi connectivity index (χ1n) is 7.88. The molecule has 9 heteroatoms. The number of carbonyl (C=O) groups is 1. The number of aromatic nitrogens is 3. The lowest BCUT2D eigenvalue weighted by atomic mass is 10.1. The number of fused-ring (bicyclic) bond motifs is 1. The average Bonchev–Trinajstić information content (AvgIpc) is 3.06. The molecule has 0 radical (unpaired) electrons. The van der Waals surface area contributed by atoms with Gasteiger partial charge >= 0.3 is 5.97 Å². The molecule has 0 bridgehead atoms. The second-order valence-corrected chi connectivity index (χ2v) is 7.57. The van der Waals surface area contributed by atoms with Gasteiger partial charge in [0.05, 0.1) is 21.4 Å². The van der Waals surface area contributed by atoms with Crippen LogP contribution in [0.1, 0.15) is 10.5 Å². The second kappa shape index (κ2) is 7.26. The monoisotopic (exact) mass is 451 g/mol. The Labute approximate surface area is 179 Å². The smallest absolute Gasteiger partial charge is 0.356 e. The molecular formula is C19H9Cl4N3O2. The first-order valence-corrected chi connectivity index (χ1v) is 9.39. The summed E-state index contributed by atoms with van der Waals surface area (Å²) in [6, 6.07) is 13.2. The van der Waals surface area contributed by atoms with Crippen LogP contribution < -0.4 is 0 Å². The van der Waals surface area contributed by atoms with Gasteiger partial charge in [-0.25, -0.2) is 14.3 Å². The van der Waals surface area contributed by atoms with Crippen LogP contribution in [0.25, 0.3) is 28.2 Å². The van der Waals surface area contributed by atoms with Crippen LogP contribution in [0.4, 0.5) is 0 Å². The Balaban J connectivity index is 2.04. The highest BCUT2D eigenvalue weighted by Crippen LogP contribution is 2.35. The quantitative estimate of drug-likeness (QED) is 0.391. The maximum absolute atomic E-state index is 11.4. The maximum Gasteiger partial charge on any atom is 0.356 e. The third kappa shape index (κ3) is 3.42. The molecule has 4 rings (SSSR count). The van der Waals surface area contributed by atoms with Crippen molar-refractivity contribution in [3.05, 3.63) is 74.3 Å². The third-order valence-corrected chi connectivity index (χ3v) is 5.16. The Morgan fingerprint density at radius 1 is 0.857 bits per heavy atom. The van der Waals surface area contributed by atoms with Gasteiger partial charge in [0.1, 0.15) is 0 Å². The van der Waals surface area contributed by atoms with Crippen LogP contribution in [-0.4, -0.2) is 25.7 Å². The Kier molecular flexibility index (Phi) is 4.93. The van der Waals surface area contributed by atoms with E-state index in [2.05, 4.69) is 10.1 Å². The molecule has 0 unspecified atom stereocenters. The number of hydrogen-bond donors (Lipinski definition) is 1. The molecule has 0 atom stereocenters. The van der Waals surface area contributed by atoms with Crippen LogP contribution in [0, 0.1) is 0 Å². The lowest BCUT2D eigenvalue weighted by Gasteiger charge is -2.11. The molecule has 5 nitrogen and oxygen atoms in total. The summed E-state index contributed by atoms with van der Waals surface area (Å²) in [5.74, 6) is -1.16. The first kappa shape index (κ1) is 19.0. The van der Waals surface area contributed by atoms with E-state index in [1.165, 1.54) is 10.6 Å². The van der Waals surface area contributed by atoms with Gasteiger partial charge in [-0.15, -0.1) is 0 Å². The summed E-state index contributed by atoms with van der Waals surface area (Å²) in [6.07, 6.45) is 0. The molecule has 28 heavy (non-hydrogen) atoms. The second-order valence-electron chi connectivity index (χ2n) is 5.88. The molecule has 2 heterocycles. The molecule has 4 aromatic rings. The minimum absolute atomic E-state index is 0.141. The number of rotatable bonds is 3. The molecular weight excluding hydrogens is 444 g/mol. The normalized spacial score (nSPS) is 11.1. The summed E-state index contributed by atoms with van der Waals surface area (Å²) in [7, 11) is 0. The van der Waals surface area contributed by atoms with Gasteiger partial charge in [-0.3, -0.25) is 0 Å². The molecule has 0 amide bonds. The first-order chi connectivity index (χ1) is 13.3. The minimum atomic E-state index is -1.16. The van der Waals surface area contributed by atoms with E-state index in [4.69, 9.17) is 46.4 Å². The molecule has 0 spiro atoms. The van der Waals surface area contributed by atoms with Crippen molar-refractivity contribution in [3.8, 4) is 22.5 Å². The Hall–Kier alpha value is -2.31. The number of carboxylic acid groups (broad SMARTS) is 1. The molecule has 0 aliphatic heterocycles. The number of carboxylic acids is 1. The summed E-state index contributed by atoms with van der Waals surface area (Å²) < 4.78 is 1.42. The lowest BCUT2D eigenvalue weighted by Crippen LogP contribution is -2.01. The van der Waals surface area contributed by atoms with Crippen molar-refractivity contribution in [2.24, 2.45) is 0 Å². The van der Waals surface area contributed by atoms with Gasteiger partial charge in [0.2, 0.25) is 0 Å². The molecule has 2 aromatic carbocycles. The SMILES string of the molecule is O=C(O)c1cc2nc(-c3ccc(Cl)cc3Cl)cc(-c3ccc(Cl)cc3Cl)n2n1. The zero-order chi connectivity index (χ0) is 20.0. The zero-order valence-corrected chi connectivity index (χ0v) is 16.9. The van der Waals surface area contributed by atoms with Gasteiger partial charge in [-0.2, -0.15) is 5.10 Å². The topological polar surface area (TPSA) is 67.5 Å². The standard InChI is InChI=1S/C19H9Cl4N3O2/c20-9-1-3-11(13(22)5-9)15-7-17(12-4-2-10(21)6-14(12)23)26-18(24-15)8-16(25-26)19(27)28/h1-8H,(H,27,28). The van der Waals surface area contributed by atoms with Gasteiger partial charge in [0.25, 0.3) is 0 Å². The van der Waals surface area contributed by atoms with Gasteiger partial charge < -0.3 is 5.11 Å². The predicted octanol–water partition coefficient (Wildman–Crippen LogP) is 6.38. The van der Waals surface area contributed by atoms with Crippen molar-refractivity contribution >= 4 is 58.0 Å². The molecule has 0 aliphatic rings. The summed E-state index contributed by atoms with van der Waals surface area (Å²) in [5.41, 5.74) is 2.51. The number of benzene rings is 2.